The summed E-state index contributed by atoms with van der Waals surface area (Å²) < 4.78 is 74.1. The first-order valence-electron chi connectivity index (χ1n) is 5.18. The lowest BCUT2D eigenvalue weighted by Crippen LogP contribution is -3.01. The maximum absolute atomic E-state index is 12.4. The Balaban J connectivity index is 2.30. The number of nitrogens with one attached hydrogen (secondary N) is 1. The van der Waals surface area contributed by atoms with Crippen LogP contribution in [0.2, 0.25) is 0 Å². The van der Waals surface area contributed by atoms with E-state index in [0.29, 0.717) is 18.2 Å². The van der Waals surface area contributed by atoms with Gasteiger partial charge in [0, 0.05) is 18.2 Å². The molecular weight excluding hydrogens is 290 g/mol. The zero-order valence-corrected chi connectivity index (χ0v) is 9.51. The van der Waals surface area contributed by atoms with Crippen LogP contribution in [0.4, 0.5) is 32.0 Å². The minimum absolute atomic E-state index is 0.0986. The molecule has 0 bridgehead atoms. The Morgan fingerprint density at radius 3 is 1.85 bits per heavy atom. The van der Waals surface area contributed by atoms with Crippen LogP contribution in [-0.4, -0.2) is 11.9 Å². The van der Waals surface area contributed by atoms with Crippen molar-refractivity contribution in [2.75, 3.05) is 0 Å². The van der Waals surface area contributed by atoms with E-state index >= 15 is 0 Å². The molecule has 9 heteroatoms. The molecule has 1 heterocycles. The minimum atomic E-state index is -4.77. The molecule has 108 valence electrons. The van der Waals surface area contributed by atoms with E-state index in [1.165, 1.54) is 0 Å². The summed E-state index contributed by atoms with van der Waals surface area (Å²) in [5, 5.41) is 14.0. The average Bonchev–Trinajstić information content (AvgIpc) is 2.70. The van der Waals surface area contributed by atoms with Crippen LogP contribution < -0.4 is 10.1 Å². The quantitative estimate of drug-likeness (QED) is 0.781. The first kappa shape index (κ1) is 14.4. The van der Waals surface area contributed by atoms with E-state index in [-0.39, 0.29) is 5.69 Å². The topological polar surface area (TPSA) is 39.9 Å². The van der Waals surface area contributed by atoms with Crippen LogP contribution in [0.3, 0.4) is 0 Å². The van der Waals surface area contributed by atoms with Gasteiger partial charge in [0.05, 0.1) is 5.56 Å². The Morgan fingerprint density at radius 2 is 1.45 bits per heavy atom. The second kappa shape index (κ2) is 4.51. The fourth-order valence-electron chi connectivity index (χ4n) is 1.57. The molecule has 3 nitrogen and oxygen atoms in total. The highest BCUT2D eigenvalue weighted by Crippen LogP contribution is 2.29. The van der Waals surface area contributed by atoms with Crippen molar-refractivity contribution in [2.45, 2.75) is 12.4 Å². The smallest absolute Gasteiger partial charge is 0.438 e. The highest BCUT2D eigenvalue weighted by atomic mass is 19.4. The van der Waals surface area contributed by atoms with Gasteiger partial charge in [0.2, 0.25) is 5.71 Å². The summed E-state index contributed by atoms with van der Waals surface area (Å²) in [6.45, 7) is 0. The van der Waals surface area contributed by atoms with Gasteiger partial charge < -0.3 is 5.11 Å². The van der Waals surface area contributed by atoms with Crippen molar-refractivity contribution >= 4 is 11.4 Å². The van der Waals surface area contributed by atoms with Crippen molar-refractivity contribution in [3.8, 4) is 0 Å². The number of allylic oxidation sites excluding steroid dienone is 1. The Labute approximate surface area is 108 Å². The fourth-order valence-corrected chi connectivity index (χ4v) is 1.57. The second-order valence-corrected chi connectivity index (χ2v) is 3.93. The molecule has 0 amide bonds. The average molecular weight is 296 g/mol. The SMILES string of the molecule is [O-]C1=CC(C(F)(F)F)=N[NH+]1c1ccc(C(F)(F)F)cc1. The zero-order valence-electron chi connectivity index (χ0n) is 9.51. The molecule has 0 radical (unpaired) electrons. The van der Waals surface area contributed by atoms with Crippen LogP contribution in [-0.2, 0) is 6.18 Å². The number of alkyl halides is 6. The highest BCUT2D eigenvalue weighted by Gasteiger charge is 2.40. The lowest BCUT2D eigenvalue weighted by molar-refractivity contribution is -0.852. The van der Waals surface area contributed by atoms with Gasteiger partial charge in [0.25, 0.3) is 0 Å². The largest absolute Gasteiger partial charge is 0.829 e. The fraction of sp³-hybridized carbons (Fsp3) is 0.182. The molecule has 0 saturated heterocycles. The number of halogens is 6. The van der Waals surface area contributed by atoms with E-state index in [4.69, 9.17) is 0 Å². The van der Waals surface area contributed by atoms with Gasteiger partial charge >= 0.3 is 12.4 Å². The third-order valence-corrected chi connectivity index (χ3v) is 2.51. The molecule has 1 atom stereocenters. The summed E-state index contributed by atoms with van der Waals surface area (Å²) in [5.41, 5.74) is -2.42. The van der Waals surface area contributed by atoms with E-state index < -0.39 is 34.5 Å². The number of hydrogen-bond donors (Lipinski definition) is 1. The summed E-state index contributed by atoms with van der Waals surface area (Å²) in [4.78, 5) is 0. The summed E-state index contributed by atoms with van der Waals surface area (Å²) in [7, 11) is 0. The monoisotopic (exact) mass is 296 g/mol. The number of nitrogens with zero attached hydrogens (tertiary/aromatic N) is 1. The molecule has 0 saturated carbocycles. The third-order valence-electron chi connectivity index (χ3n) is 2.51. The highest BCUT2D eigenvalue weighted by molar-refractivity contribution is 5.99. The van der Waals surface area contributed by atoms with Crippen LogP contribution in [0.15, 0.2) is 41.3 Å². The molecule has 0 aromatic heterocycles. The first-order chi connectivity index (χ1) is 9.09. The molecule has 1 aliphatic rings. The van der Waals surface area contributed by atoms with Crippen LogP contribution in [0.5, 0.6) is 0 Å². The normalized spacial score (nSPS) is 19.8. The zero-order chi connectivity index (χ0) is 15.1. The molecule has 0 aliphatic carbocycles. The molecule has 0 fully saturated rings. The number of rotatable bonds is 1. The molecule has 2 rings (SSSR count). The summed E-state index contributed by atoms with van der Waals surface area (Å²) in [6, 6.07) is 3.17. The Hall–Kier alpha value is -2.03. The van der Waals surface area contributed by atoms with E-state index in [1.54, 1.807) is 0 Å². The Kier molecular flexibility index (Phi) is 3.24. The first-order valence-corrected chi connectivity index (χ1v) is 5.18. The van der Waals surface area contributed by atoms with Gasteiger partial charge in [-0.2, -0.15) is 31.4 Å². The Bertz CT molecular complexity index is 570. The van der Waals surface area contributed by atoms with Crippen LogP contribution in [0, 0.1) is 0 Å². The van der Waals surface area contributed by atoms with Gasteiger partial charge in [-0.1, -0.05) is 5.10 Å². The maximum Gasteiger partial charge on any atom is 0.438 e. The van der Waals surface area contributed by atoms with Gasteiger partial charge in [0.1, 0.15) is 5.88 Å². The molecule has 1 N–H and O–H groups in total. The number of benzene rings is 1. The van der Waals surface area contributed by atoms with Crippen LogP contribution in [0.25, 0.3) is 0 Å². The van der Waals surface area contributed by atoms with E-state index in [0.717, 1.165) is 12.1 Å². The van der Waals surface area contributed by atoms with Crippen LogP contribution >= 0.6 is 0 Å². The van der Waals surface area contributed by atoms with E-state index in [9.17, 15) is 31.4 Å². The van der Waals surface area contributed by atoms with Crippen molar-refractivity contribution in [3.05, 3.63) is 41.8 Å². The number of hydrogen-bond acceptors (Lipinski definition) is 2. The molecule has 1 unspecified atom stereocenters. The predicted molar refractivity (Wildman–Crippen MR) is 53.6 cm³/mol. The molecule has 1 aromatic carbocycles. The van der Waals surface area contributed by atoms with E-state index in [1.807, 2.05) is 0 Å². The lowest BCUT2D eigenvalue weighted by atomic mass is 10.2. The maximum atomic E-state index is 12.4. The summed E-state index contributed by atoms with van der Waals surface area (Å²) >= 11 is 0. The van der Waals surface area contributed by atoms with Gasteiger partial charge in [-0.15, -0.1) is 0 Å². The summed E-state index contributed by atoms with van der Waals surface area (Å²) in [5.74, 6) is -0.989. The van der Waals surface area contributed by atoms with E-state index in [2.05, 4.69) is 5.10 Å². The molecule has 1 aliphatic heterocycles. The standard InChI is InChI=1S/C11H6F6N2O/c12-10(13,14)6-1-3-7(4-2-6)19-9(20)5-8(18-19)11(15,16)17/h1-5,20H. The van der Waals surface area contributed by atoms with Gasteiger partial charge in [-0.3, -0.25) is 0 Å². The minimum Gasteiger partial charge on any atom is -0.829 e. The van der Waals surface area contributed by atoms with Gasteiger partial charge in [-0.25, -0.2) is 0 Å². The van der Waals surface area contributed by atoms with Crippen molar-refractivity contribution in [2.24, 2.45) is 5.10 Å². The van der Waals surface area contributed by atoms with Crippen molar-refractivity contribution in [3.63, 3.8) is 0 Å². The third kappa shape index (κ3) is 2.77. The molecule has 20 heavy (non-hydrogen) atoms. The van der Waals surface area contributed by atoms with Crippen LogP contribution in [0.1, 0.15) is 5.56 Å². The van der Waals surface area contributed by atoms with Gasteiger partial charge in [-0.05, 0) is 12.1 Å². The van der Waals surface area contributed by atoms with Gasteiger partial charge in [0.15, 0.2) is 5.69 Å². The predicted octanol–water partition coefficient (Wildman–Crippen LogP) is 1.36. The lowest BCUT2D eigenvalue weighted by Gasteiger charge is -2.14. The summed E-state index contributed by atoms with van der Waals surface area (Å²) in [6.07, 6.45) is -9.02. The molecule has 1 aromatic rings. The molecule has 0 spiro atoms. The van der Waals surface area contributed by atoms with Crippen molar-refractivity contribution < 1.29 is 36.5 Å². The Morgan fingerprint density at radius 1 is 0.900 bits per heavy atom. The van der Waals surface area contributed by atoms with Crippen molar-refractivity contribution in [1.82, 2.24) is 0 Å². The second-order valence-electron chi connectivity index (χ2n) is 3.93. The number of quaternary nitrogens is 1. The molecular formula is C11H6F6N2O. The van der Waals surface area contributed by atoms with Crippen molar-refractivity contribution in [1.29, 1.82) is 0 Å².